The Balaban J connectivity index is 1.80. The summed E-state index contributed by atoms with van der Waals surface area (Å²) in [5.74, 6) is -0.432. The molecule has 0 saturated carbocycles. The lowest BCUT2D eigenvalue weighted by molar-refractivity contribution is -0.332. The number of hydrogen-bond acceptors (Lipinski definition) is 14. The third kappa shape index (κ3) is 31.6. The van der Waals surface area contributed by atoms with E-state index in [-0.39, 0.29) is 19.6 Å². The molecule has 0 aromatic rings. The van der Waals surface area contributed by atoms with Crippen molar-refractivity contribution in [3.8, 4) is 0 Å². The maximum Gasteiger partial charge on any atom is 0.306 e. The van der Waals surface area contributed by atoms with E-state index in [1.807, 2.05) is 6.08 Å². The van der Waals surface area contributed by atoms with Gasteiger partial charge >= 0.3 is 5.97 Å². The van der Waals surface area contributed by atoms with Crippen molar-refractivity contribution in [1.29, 1.82) is 0 Å². The average molecular weight is 1030 g/mol. The second-order valence-electron chi connectivity index (χ2n) is 17.9. The minimum atomic E-state index is -1.73. The SMILES string of the molecule is CC/C=C\C/C=C\C/C=C\C/C=C\C/C=C\C/C=C\CCCCCCC(=O)OC(COCC/C=C\C/C=C\C/C=C\C/C=C\C/C=C\CC)COC1OC(COC2OC(CO)C(O)C(O)C2O)C(O)C(O)C1O. The first-order chi connectivity index (χ1) is 35.6. The molecule has 0 spiro atoms. The number of allylic oxidation sites excluding steroid dienone is 21. The predicted molar refractivity (Wildman–Crippen MR) is 288 cm³/mol. The van der Waals surface area contributed by atoms with Gasteiger partial charge in [-0.15, -0.1) is 0 Å². The van der Waals surface area contributed by atoms with Gasteiger partial charge in [0.05, 0.1) is 33.0 Å². The lowest BCUT2D eigenvalue weighted by Crippen LogP contribution is -2.61. The van der Waals surface area contributed by atoms with Gasteiger partial charge in [-0.1, -0.05) is 160 Å². The van der Waals surface area contributed by atoms with Crippen molar-refractivity contribution in [3.05, 3.63) is 134 Å². The van der Waals surface area contributed by atoms with E-state index in [0.717, 1.165) is 96.3 Å². The van der Waals surface area contributed by atoms with E-state index < -0.39 is 86.7 Å². The fourth-order valence-electron chi connectivity index (χ4n) is 7.41. The van der Waals surface area contributed by atoms with Crippen LogP contribution in [0.15, 0.2) is 134 Å². The monoisotopic (exact) mass is 1020 g/mol. The lowest BCUT2D eigenvalue weighted by atomic mass is 9.98. The van der Waals surface area contributed by atoms with Gasteiger partial charge in [0, 0.05) is 6.42 Å². The molecule has 11 atom stereocenters. The summed E-state index contributed by atoms with van der Waals surface area (Å²) in [4.78, 5) is 13.0. The van der Waals surface area contributed by atoms with Gasteiger partial charge in [-0.05, 0) is 96.3 Å². The number of esters is 1. The first-order valence-corrected chi connectivity index (χ1v) is 26.8. The Morgan fingerprint density at radius 3 is 1.32 bits per heavy atom. The van der Waals surface area contributed by atoms with Crippen LogP contribution < -0.4 is 0 Å². The largest absolute Gasteiger partial charge is 0.457 e. The molecule has 73 heavy (non-hydrogen) atoms. The molecule has 2 aliphatic rings. The maximum atomic E-state index is 13.0. The zero-order chi connectivity index (χ0) is 53.0. The highest BCUT2D eigenvalue weighted by molar-refractivity contribution is 5.69. The summed E-state index contributed by atoms with van der Waals surface area (Å²) in [5.41, 5.74) is 0. The molecule has 11 unspecified atom stereocenters. The van der Waals surface area contributed by atoms with Gasteiger partial charge in [0.1, 0.15) is 54.9 Å². The number of aliphatic hydroxyl groups is 7. The van der Waals surface area contributed by atoms with Crippen molar-refractivity contribution < 1.29 is 69.0 Å². The van der Waals surface area contributed by atoms with Crippen molar-refractivity contribution in [3.63, 3.8) is 0 Å². The van der Waals surface area contributed by atoms with Gasteiger partial charge in [-0.25, -0.2) is 0 Å². The van der Waals surface area contributed by atoms with E-state index in [1.54, 1.807) is 0 Å². The zero-order valence-electron chi connectivity index (χ0n) is 43.8. The highest BCUT2D eigenvalue weighted by atomic mass is 16.7. The summed E-state index contributed by atoms with van der Waals surface area (Å²) in [6.45, 7) is 3.15. The van der Waals surface area contributed by atoms with E-state index in [1.165, 1.54) is 0 Å². The van der Waals surface area contributed by atoms with E-state index in [4.69, 9.17) is 28.4 Å². The summed E-state index contributed by atoms with van der Waals surface area (Å²) in [5, 5.41) is 72.2. The third-order valence-electron chi connectivity index (χ3n) is 11.7. The fraction of sp³-hybridized carbons (Fsp3) is 0.610. The number of carbonyl (C=O) groups is 1. The number of hydrogen-bond donors (Lipinski definition) is 7. The van der Waals surface area contributed by atoms with Crippen LogP contribution in [0.2, 0.25) is 0 Å². The van der Waals surface area contributed by atoms with Crippen LogP contribution in [0, 0.1) is 0 Å². The van der Waals surface area contributed by atoms with E-state index in [0.29, 0.717) is 19.4 Å². The minimum absolute atomic E-state index is 0.0138. The van der Waals surface area contributed by atoms with Crippen molar-refractivity contribution in [2.45, 2.75) is 197 Å². The summed E-state index contributed by atoms with van der Waals surface area (Å²) in [6.07, 6.45) is 46.7. The normalized spacial score (nSPS) is 26.0. The Hall–Kier alpha value is -3.87. The summed E-state index contributed by atoms with van der Waals surface area (Å²) in [6, 6.07) is 0. The Morgan fingerprint density at radius 1 is 0.452 bits per heavy atom. The first kappa shape index (κ1) is 65.2. The predicted octanol–water partition coefficient (Wildman–Crippen LogP) is 8.74. The molecule has 0 aliphatic carbocycles. The molecule has 14 heteroatoms. The quantitative estimate of drug-likeness (QED) is 0.0174. The molecule has 2 fully saturated rings. The van der Waals surface area contributed by atoms with E-state index in [9.17, 15) is 40.5 Å². The molecule has 2 saturated heterocycles. The molecule has 0 bridgehead atoms. The lowest BCUT2D eigenvalue weighted by Gasteiger charge is -2.42. The van der Waals surface area contributed by atoms with Crippen LogP contribution in [0.3, 0.4) is 0 Å². The molecular formula is C59H92O14. The number of rotatable bonds is 40. The summed E-state index contributed by atoms with van der Waals surface area (Å²) >= 11 is 0. The highest BCUT2D eigenvalue weighted by Crippen LogP contribution is 2.26. The second-order valence-corrected chi connectivity index (χ2v) is 17.9. The summed E-state index contributed by atoms with van der Waals surface area (Å²) in [7, 11) is 0. The van der Waals surface area contributed by atoms with Gasteiger partial charge in [-0.3, -0.25) is 4.79 Å². The molecule has 0 amide bonds. The van der Waals surface area contributed by atoms with Crippen molar-refractivity contribution >= 4 is 5.97 Å². The van der Waals surface area contributed by atoms with Crippen LogP contribution >= 0.6 is 0 Å². The van der Waals surface area contributed by atoms with Crippen LogP contribution in [0.25, 0.3) is 0 Å². The molecule has 2 aliphatic heterocycles. The molecule has 2 heterocycles. The Labute approximate surface area is 437 Å². The average Bonchev–Trinajstić information content (AvgIpc) is 3.39. The van der Waals surface area contributed by atoms with Gasteiger partial charge in [0.25, 0.3) is 0 Å². The standard InChI is InChI=1S/C59H92O14/c1-3-5-7-9-11-13-15-17-19-21-22-23-24-25-26-27-28-30-32-34-36-38-40-42-51(61)71-48(45-68-43-41-39-37-35-33-31-29-20-18-16-14-12-10-8-6-4-2)46-69-58-57(67)55(65)53(63)50(73-58)47-70-59-56(66)54(64)52(62)49(44-60)72-59/h5-8,11-14,17-20,22-23,25-26,28,30-31,33,37,39,48-50,52-60,62-67H,3-4,9-10,15-16,21,24,27,29,32,34-36,38,40-47H2,1-2H3/b7-5-,8-6-,13-11-,14-12-,19-17-,20-18-,23-22-,26-25-,30-28-,33-31-,39-37-. The highest BCUT2D eigenvalue weighted by Gasteiger charge is 2.47. The van der Waals surface area contributed by atoms with Crippen LogP contribution in [-0.4, -0.2) is 142 Å². The summed E-state index contributed by atoms with van der Waals surface area (Å²) < 4.78 is 34.1. The van der Waals surface area contributed by atoms with Gasteiger partial charge in [-0.2, -0.15) is 0 Å². The molecule has 0 aromatic carbocycles. The molecular weight excluding hydrogens is 933 g/mol. The van der Waals surface area contributed by atoms with Crippen LogP contribution in [0.5, 0.6) is 0 Å². The Kier molecular flexibility index (Phi) is 39.7. The molecule has 412 valence electrons. The van der Waals surface area contributed by atoms with Gasteiger partial charge < -0.3 is 64.2 Å². The van der Waals surface area contributed by atoms with Gasteiger partial charge in [0.15, 0.2) is 12.6 Å². The van der Waals surface area contributed by atoms with Crippen molar-refractivity contribution in [2.75, 3.05) is 33.0 Å². The Morgan fingerprint density at radius 2 is 0.849 bits per heavy atom. The first-order valence-electron chi connectivity index (χ1n) is 26.8. The molecule has 0 radical (unpaired) electrons. The third-order valence-corrected chi connectivity index (χ3v) is 11.7. The second kappa shape index (κ2) is 44.4. The number of ether oxygens (including phenoxy) is 6. The van der Waals surface area contributed by atoms with Crippen molar-refractivity contribution in [1.82, 2.24) is 0 Å². The van der Waals surface area contributed by atoms with E-state index >= 15 is 0 Å². The molecule has 2 rings (SSSR count). The van der Waals surface area contributed by atoms with Crippen LogP contribution in [0.1, 0.15) is 129 Å². The van der Waals surface area contributed by atoms with Crippen LogP contribution in [0.4, 0.5) is 0 Å². The molecule has 0 aromatic heterocycles. The Bertz CT molecular complexity index is 1710. The molecule has 14 nitrogen and oxygen atoms in total. The van der Waals surface area contributed by atoms with E-state index in [2.05, 4.69) is 141 Å². The fourth-order valence-corrected chi connectivity index (χ4v) is 7.41. The maximum absolute atomic E-state index is 13.0. The topological polar surface area (TPSA) is 214 Å². The number of carbonyl (C=O) groups excluding carboxylic acids is 1. The number of unbranched alkanes of at least 4 members (excludes halogenated alkanes) is 4. The smallest absolute Gasteiger partial charge is 0.306 e. The minimum Gasteiger partial charge on any atom is -0.457 e. The van der Waals surface area contributed by atoms with Crippen molar-refractivity contribution in [2.24, 2.45) is 0 Å². The van der Waals surface area contributed by atoms with Crippen LogP contribution in [-0.2, 0) is 33.2 Å². The number of aliphatic hydroxyl groups excluding tert-OH is 7. The zero-order valence-corrected chi connectivity index (χ0v) is 43.8. The van der Waals surface area contributed by atoms with Gasteiger partial charge in [0.2, 0.25) is 0 Å². The molecule has 7 N–H and O–H groups in total.